The first-order valence-electron chi connectivity index (χ1n) is 5.97. The standard InChI is InChI=1S/C14H14BrFN2O/c1-7(2)13-17-12(8(3)14(19)18-13)9-5-4-6-10(15)11(9)16/h4-7H,1-3H3,(H,17,18,19). The third-order valence-corrected chi connectivity index (χ3v) is 3.54. The van der Waals surface area contributed by atoms with Gasteiger partial charge in [-0.05, 0) is 35.0 Å². The molecular formula is C14H14BrFN2O. The van der Waals surface area contributed by atoms with Gasteiger partial charge in [0.2, 0.25) is 0 Å². The summed E-state index contributed by atoms with van der Waals surface area (Å²) in [6.07, 6.45) is 0. The van der Waals surface area contributed by atoms with Crippen molar-refractivity contribution in [3.8, 4) is 11.3 Å². The molecule has 1 aromatic carbocycles. The Bertz CT molecular complexity index is 680. The molecule has 2 aromatic rings. The zero-order valence-corrected chi connectivity index (χ0v) is 12.5. The van der Waals surface area contributed by atoms with Crippen molar-refractivity contribution in [2.45, 2.75) is 26.7 Å². The molecule has 0 radical (unpaired) electrons. The van der Waals surface area contributed by atoms with E-state index in [9.17, 15) is 9.18 Å². The van der Waals surface area contributed by atoms with E-state index < -0.39 is 5.82 Å². The van der Waals surface area contributed by atoms with Gasteiger partial charge in [-0.25, -0.2) is 9.37 Å². The van der Waals surface area contributed by atoms with Crippen molar-refractivity contribution in [2.75, 3.05) is 0 Å². The molecule has 100 valence electrons. The van der Waals surface area contributed by atoms with Gasteiger partial charge in [0.25, 0.3) is 5.56 Å². The largest absolute Gasteiger partial charge is 0.310 e. The van der Waals surface area contributed by atoms with Crippen molar-refractivity contribution in [1.29, 1.82) is 0 Å². The van der Waals surface area contributed by atoms with Gasteiger partial charge in [-0.3, -0.25) is 4.79 Å². The van der Waals surface area contributed by atoms with E-state index in [0.29, 0.717) is 27.1 Å². The van der Waals surface area contributed by atoms with Crippen LogP contribution in [0.5, 0.6) is 0 Å². The molecule has 0 unspecified atom stereocenters. The minimum Gasteiger partial charge on any atom is -0.310 e. The first-order valence-corrected chi connectivity index (χ1v) is 6.76. The van der Waals surface area contributed by atoms with E-state index in [0.717, 1.165) is 0 Å². The molecule has 5 heteroatoms. The van der Waals surface area contributed by atoms with Gasteiger partial charge >= 0.3 is 0 Å². The number of hydrogen-bond acceptors (Lipinski definition) is 2. The average molecular weight is 325 g/mol. The lowest BCUT2D eigenvalue weighted by molar-refractivity contribution is 0.623. The topological polar surface area (TPSA) is 45.8 Å². The van der Waals surface area contributed by atoms with E-state index in [1.54, 1.807) is 25.1 Å². The van der Waals surface area contributed by atoms with Crippen molar-refractivity contribution >= 4 is 15.9 Å². The van der Waals surface area contributed by atoms with E-state index in [1.165, 1.54) is 0 Å². The maximum absolute atomic E-state index is 14.1. The highest BCUT2D eigenvalue weighted by Crippen LogP contribution is 2.28. The van der Waals surface area contributed by atoms with Crippen molar-refractivity contribution in [3.63, 3.8) is 0 Å². The fourth-order valence-electron chi connectivity index (χ4n) is 1.77. The van der Waals surface area contributed by atoms with Gasteiger partial charge in [0.05, 0.1) is 10.2 Å². The lowest BCUT2D eigenvalue weighted by atomic mass is 10.1. The van der Waals surface area contributed by atoms with Gasteiger partial charge in [0.1, 0.15) is 11.6 Å². The molecule has 0 amide bonds. The SMILES string of the molecule is Cc1c(-c2cccc(Br)c2F)nc(C(C)C)[nH]c1=O. The molecule has 0 aliphatic rings. The quantitative estimate of drug-likeness (QED) is 0.913. The Kier molecular flexibility index (Phi) is 3.85. The fourth-order valence-corrected chi connectivity index (χ4v) is 2.14. The van der Waals surface area contributed by atoms with Gasteiger partial charge in [-0.15, -0.1) is 0 Å². The molecule has 1 heterocycles. The number of benzene rings is 1. The third kappa shape index (κ3) is 2.61. The molecular weight excluding hydrogens is 311 g/mol. The smallest absolute Gasteiger partial charge is 0.254 e. The Morgan fingerprint density at radius 1 is 1.37 bits per heavy atom. The second kappa shape index (κ2) is 5.25. The molecule has 1 N–H and O–H groups in total. The molecule has 2 rings (SSSR count). The highest BCUT2D eigenvalue weighted by atomic mass is 79.9. The highest BCUT2D eigenvalue weighted by molar-refractivity contribution is 9.10. The van der Waals surface area contributed by atoms with Crippen LogP contribution in [0.3, 0.4) is 0 Å². The molecule has 0 saturated carbocycles. The number of aromatic nitrogens is 2. The van der Waals surface area contributed by atoms with Crippen LogP contribution < -0.4 is 5.56 Å². The third-order valence-electron chi connectivity index (χ3n) is 2.92. The van der Waals surface area contributed by atoms with Crippen LogP contribution in [0.25, 0.3) is 11.3 Å². The molecule has 19 heavy (non-hydrogen) atoms. The molecule has 0 fully saturated rings. The number of nitrogens with zero attached hydrogens (tertiary/aromatic N) is 1. The maximum atomic E-state index is 14.1. The van der Waals surface area contributed by atoms with Gasteiger partial charge in [-0.2, -0.15) is 0 Å². The summed E-state index contributed by atoms with van der Waals surface area (Å²) in [6, 6.07) is 4.96. The molecule has 1 aromatic heterocycles. The van der Waals surface area contributed by atoms with Gasteiger partial charge < -0.3 is 4.98 Å². The van der Waals surface area contributed by atoms with Crippen LogP contribution in [-0.2, 0) is 0 Å². The number of H-pyrrole nitrogens is 1. The first kappa shape index (κ1) is 13.9. The number of nitrogens with one attached hydrogen (secondary N) is 1. The van der Waals surface area contributed by atoms with Crippen molar-refractivity contribution in [1.82, 2.24) is 9.97 Å². The second-order valence-electron chi connectivity index (χ2n) is 4.68. The zero-order chi connectivity index (χ0) is 14.2. The monoisotopic (exact) mass is 324 g/mol. The van der Waals surface area contributed by atoms with Crippen LogP contribution in [0.4, 0.5) is 4.39 Å². The molecule has 0 aliphatic heterocycles. The minimum atomic E-state index is -0.404. The van der Waals surface area contributed by atoms with Gasteiger partial charge in [0.15, 0.2) is 0 Å². The van der Waals surface area contributed by atoms with Crippen LogP contribution in [0, 0.1) is 12.7 Å². The van der Waals surface area contributed by atoms with E-state index in [1.807, 2.05) is 13.8 Å². The van der Waals surface area contributed by atoms with E-state index >= 15 is 0 Å². The predicted octanol–water partition coefficient (Wildman–Crippen LogP) is 3.77. The minimum absolute atomic E-state index is 0.0715. The summed E-state index contributed by atoms with van der Waals surface area (Å²) in [5.41, 5.74) is 0.917. The van der Waals surface area contributed by atoms with Crippen LogP contribution in [0.2, 0.25) is 0 Å². The lowest BCUT2D eigenvalue weighted by Crippen LogP contribution is -2.17. The molecule has 0 spiro atoms. The molecule has 0 aliphatic carbocycles. The Morgan fingerprint density at radius 3 is 2.68 bits per heavy atom. The summed E-state index contributed by atoms with van der Waals surface area (Å²) in [5.74, 6) is 0.227. The van der Waals surface area contributed by atoms with E-state index in [2.05, 4.69) is 25.9 Å². The van der Waals surface area contributed by atoms with Crippen LogP contribution in [0.1, 0.15) is 31.2 Å². The second-order valence-corrected chi connectivity index (χ2v) is 5.54. The highest BCUT2D eigenvalue weighted by Gasteiger charge is 2.16. The molecule has 0 bridgehead atoms. The Hall–Kier alpha value is -1.49. The lowest BCUT2D eigenvalue weighted by Gasteiger charge is -2.11. The number of aromatic amines is 1. The molecule has 0 saturated heterocycles. The van der Waals surface area contributed by atoms with Crippen molar-refractivity contribution < 1.29 is 4.39 Å². The van der Waals surface area contributed by atoms with E-state index in [-0.39, 0.29) is 11.5 Å². The number of hydrogen-bond donors (Lipinski definition) is 1. The summed E-state index contributed by atoms with van der Waals surface area (Å²) < 4.78 is 14.5. The predicted molar refractivity (Wildman–Crippen MR) is 76.8 cm³/mol. The summed E-state index contributed by atoms with van der Waals surface area (Å²) >= 11 is 3.15. The summed E-state index contributed by atoms with van der Waals surface area (Å²) in [4.78, 5) is 19.0. The van der Waals surface area contributed by atoms with Gasteiger partial charge in [-0.1, -0.05) is 19.9 Å². The molecule has 0 atom stereocenters. The van der Waals surface area contributed by atoms with Crippen LogP contribution in [-0.4, -0.2) is 9.97 Å². The van der Waals surface area contributed by atoms with E-state index in [4.69, 9.17) is 0 Å². The van der Waals surface area contributed by atoms with Gasteiger partial charge in [0, 0.05) is 17.0 Å². The Labute approximate surface area is 119 Å². The molecule has 3 nitrogen and oxygen atoms in total. The Morgan fingerprint density at radius 2 is 2.05 bits per heavy atom. The maximum Gasteiger partial charge on any atom is 0.254 e. The van der Waals surface area contributed by atoms with Crippen molar-refractivity contribution in [3.05, 3.63) is 50.2 Å². The normalized spacial score (nSPS) is 11.1. The zero-order valence-electron chi connectivity index (χ0n) is 10.9. The Balaban J connectivity index is 2.75. The fraction of sp³-hybridized carbons (Fsp3) is 0.286. The number of rotatable bonds is 2. The first-order chi connectivity index (χ1) is 8.91. The van der Waals surface area contributed by atoms with Crippen molar-refractivity contribution in [2.24, 2.45) is 0 Å². The summed E-state index contributed by atoms with van der Waals surface area (Å²) in [7, 11) is 0. The average Bonchev–Trinajstić information content (AvgIpc) is 2.36. The van der Waals surface area contributed by atoms with Crippen LogP contribution >= 0.6 is 15.9 Å². The van der Waals surface area contributed by atoms with Crippen LogP contribution in [0.15, 0.2) is 27.5 Å². The summed E-state index contributed by atoms with van der Waals surface area (Å²) in [6.45, 7) is 5.49. The number of halogens is 2. The summed E-state index contributed by atoms with van der Waals surface area (Å²) in [5, 5.41) is 0.